The first-order valence-electron chi connectivity index (χ1n) is 4.85. The molecule has 0 amide bonds. The Labute approximate surface area is 84.4 Å². The maximum absolute atomic E-state index is 11.5. The molecule has 0 saturated heterocycles. The average molecular weight is 194 g/mol. The number of hydrogen-bond donors (Lipinski definition) is 0. The van der Waals surface area contributed by atoms with E-state index in [1.165, 1.54) is 0 Å². The minimum Gasteiger partial charge on any atom is -0.456 e. The van der Waals surface area contributed by atoms with E-state index in [2.05, 4.69) is 0 Å². The molecule has 4 aromatic rings. The standard InChI is InChI=1S/C13H6O2/c14-13-8-5-6-10-11(12(8)13)7-3-1-2-4-9(7)15-10/h1-6H. The summed E-state index contributed by atoms with van der Waals surface area (Å²) in [6.07, 6.45) is 0. The molecule has 0 radical (unpaired) electrons. The van der Waals surface area contributed by atoms with Crippen LogP contribution in [0.15, 0.2) is 45.6 Å². The number of rotatable bonds is 0. The second-order valence-corrected chi connectivity index (χ2v) is 3.79. The zero-order valence-corrected chi connectivity index (χ0v) is 7.78. The lowest BCUT2D eigenvalue weighted by atomic mass is 10.1. The van der Waals surface area contributed by atoms with E-state index in [9.17, 15) is 4.79 Å². The lowest BCUT2D eigenvalue weighted by Crippen LogP contribution is -1.69. The van der Waals surface area contributed by atoms with Crippen molar-refractivity contribution in [1.82, 2.24) is 0 Å². The molecule has 2 heteroatoms. The van der Waals surface area contributed by atoms with Crippen LogP contribution < -0.4 is 5.43 Å². The van der Waals surface area contributed by atoms with Crippen molar-refractivity contribution in [3.63, 3.8) is 0 Å². The highest BCUT2D eigenvalue weighted by Gasteiger charge is 2.19. The molecule has 0 saturated carbocycles. The number of benzene rings is 2. The molecule has 0 spiro atoms. The van der Waals surface area contributed by atoms with Crippen molar-refractivity contribution in [3.05, 3.63) is 46.6 Å². The van der Waals surface area contributed by atoms with E-state index in [-0.39, 0.29) is 5.43 Å². The normalized spacial score (nSPS) is 12.3. The van der Waals surface area contributed by atoms with E-state index in [0.29, 0.717) is 0 Å². The van der Waals surface area contributed by atoms with Gasteiger partial charge in [-0.3, -0.25) is 4.79 Å². The molecule has 0 aliphatic carbocycles. The second kappa shape index (κ2) is 2.11. The fourth-order valence-corrected chi connectivity index (χ4v) is 2.19. The zero-order chi connectivity index (χ0) is 9.99. The van der Waals surface area contributed by atoms with Gasteiger partial charge in [0.15, 0.2) is 5.43 Å². The molecule has 4 rings (SSSR count). The Bertz CT molecular complexity index is 826. The minimum absolute atomic E-state index is 0.163. The minimum atomic E-state index is 0.163. The number of hydrogen-bond acceptors (Lipinski definition) is 2. The van der Waals surface area contributed by atoms with Crippen LogP contribution in [0.5, 0.6) is 0 Å². The highest BCUT2D eigenvalue weighted by molar-refractivity contribution is 6.24. The van der Waals surface area contributed by atoms with E-state index in [0.717, 1.165) is 32.7 Å². The molecular weight excluding hydrogens is 188 g/mol. The lowest BCUT2D eigenvalue weighted by molar-refractivity contribution is 0.669. The third kappa shape index (κ3) is 0.734. The van der Waals surface area contributed by atoms with Gasteiger partial charge in [-0.05, 0) is 18.2 Å². The summed E-state index contributed by atoms with van der Waals surface area (Å²) >= 11 is 0. The Kier molecular flexibility index (Phi) is 1.02. The Morgan fingerprint density at radius 3 is 2.60 bits per heavy atom. The van der Waals surface area contributed by atoms with Gasteiger partial charge >= 0.3 is 0 Å². The van der Waals surface area contributed by atoms with Crippen LogP contribution in [-0.2, 0) is 0 Å². The molecule has 0 atom stereocenters. The van der Waals surface area contributed by atoms with Crippen LogP contribution in [0.3, 0.4) is 0 Å². The largest absolute Gasteiger partial charge is 0.456 e. The summed E-state index contributed by atoms with van der Waals surface area (Å²) in [5.41, 5.74) is 1.82. The van der Waals surface area contributed by atoms with Crippen LogP contribution in [0.25, 0.3) is 32.7 Å². The van der Waals surface area contributed by atoms with Gasteiger partial charge in [-0.2, -0.15) is 0 Å². The van der Waals surface area contributed by atoms with Crippen molar-refractivity contribution in [2.24, 2.45) is 0 Å². The molecule has 0 aliphatic rings. The summed E-state index contributed by atoms with van der Waals surface area (Å²) in [5.74, 6) is 0. The quantitative estimate of drug-likeness (QED) is 0.430. The highest BCUT2D eigenvalue weighted by atomic mass is 16.3. The molecule has 0 fully saturated rings. The molecule has 3 aromatic carbocycles. The summed E-state index contributed by atoms with van der Waals surface area (Å²) in [6, 6.07) is 11.5. The lowest BCUT2D eigenvalue weighted by Gasteiger charge is -1.84. The first-order valence-corrected chi connectivity index (χ1v) is 4.85. The van der Waals surface area contributed by atoms with Crippen LogP contribution >= 0.6 is 0 Å². The number of fused-ring (bicyclic) bond motifs is 5. The zero-order valence-electron chi connectivity index (χ0n) is 7.78. The maximum atomic E-state index is 11.5. The second-order valence-electron chi connectivity index (χ2n) is 3.79. The van der Waals surface area contributed by atoms with Crippen LogP contribution in [0.1, 0.15) is 0 Å². The van der Waals surface area contributed by atoms with Crippen LogP contribution in [0.4, 0.5) is 0 Å². The Balaban J connectivity index is 2.45. The predicted molar refractivity (Wildman–Crippen MR) is 59.9 cm³/mol. The molecular formula is C13H6O2. The van der Waals surface area contributed by atoms with Gasteiger partial charge in [-0.1, -0.05) is 18.2 Å². The van der Waals surface area contributed by atoms with Gasteiger partial charge in [0.05, 0.1) is 0 Å². The van der Waals surface area contributed by atoms with E-state index >= 15 is 0 Å². The van der Waals surface area contributed by atoms with Gasteiger partial charge in [0.25, 0.3) is 0 Å². The topological polar surface area (TPSA) is 30.2 Å². The fourth-order valence-electron chi connectivity index (χ4n) is 2.19. The first-order chi connectivity index (χ1) is 7.36. The van der Waals surface area contributed by atoms with Crippen molar-refractivity contribution < 1.29 is 4.42 Å². The number of furan rings is 1. The molecule has 2 nitrogen and oxygen atoms in total. The van der Waals surface area contributed by atoms with Crippen LogP contribution in [0.2, 0.25) is 0 Å². The Hall–Kier alpha value is -2.09. The first kappa shape index (κ1) is 7.23. The molecule has 15 heavy (non-hydrogen) atoms. The Morgan fingerprint density at radius 2 is 1.67 bits per heavy atom. The maximum Gasteiger partial charge on any atom is 0.195 e. The third-order valence-electron chi connectivity index (χ3n) is 2.95. The molecule has 0 N–H and O–H groups in total. The van der Waals surface area contributed by atoms with Gasteiger partial charge in [-0.15, -0.1) is 0 Å². The van der Waals surface area contributed by atoms with Crippen molar-refractivity contribution in [2.75, 3.05) is 0 Å². The smallest absolute Gasteiger partial charge is 0.195 e. The van der Waals surface area contributed by atoms with Gasteiger partial charge < -0.3 is 4.42 Å². The molecule has 0 unspecified atom stereocenters. The summed E-state index contributed by atoms with van der Waals surface area (Å²) in [6.45, 7) is 0. The number of para-hydroxylation sites is 1. The van der Waals surface area contributed by atoms with Crippen LogP contribution in [0, 0.1) is 0 Å². The predicted octanol–water partition coefficient (Wildman–Crippen LogP) is 2.98. The average Bonchev–Trinajstić information content (AvgIpc) is 2.77. The molecule has 1 heterocycles. The Morgan fingerprint density at radius 1 is 0.800 bits per heavy atom. The third-order valence-corrected chi connectivity index (χ3v) is 2.95. The highest BCUT2D eigenvalue weighted by Crippen LogP contribution is 2.34. The summed E-state index contributed by atoms with van der Waals surface area (Å²) < 4.78 is 5.66. The van der Waals surface area contributed by atoms with Gasteiger partial charge in [-0.25, -0.2) is 0 Å². The van der Waals surface area contributed by atoms with Crippen LogP contribution in [-0.4, -0.2) is 0 Å². The molecule has 70 valence electrons. The summed E-state index contributed by atoms with van der Waals surface area (Å²) in [4.78, 5) is 11.5. The van der Waals surface area contributed by atoms with Crippen molar-refractivity contribution in [3.8, 4) is 0 Å². The van der Waals surface area contributed by atoms with E-state index in [1.54, 1.807) is 0 Å². The SMILES string of the molecule is O=c1c2ccc3oc4ccccc4c3c12. The summed E-state index contributed by atoms with van der Waals surface area (Å²) in [5, 5.41) is 3.70. The van der Waals surface area contributed by atoms with Gasteiger partial charge in [0, 0.05) is 21.5 Å². The van der Waals surface area contributed by atoms with E-state index in [4.69, 9.17) is 4.42 Å². The fraction of sp³-hybridized carbons (Fsp3) is 0. The molecule has 1 aromatic heterocycles. The summed E-state index contributed by atoms with van der Waals surface area (Å²) in [7, 11) is 0. The van der Waals surface area contributed by atoms with Gasteiger partial charge in [0.2, 0.25) is 0 Å². The van der Waals surface area contributed by atoms with Gasteiger partial charge in [0.1, 0.15) is 11.2 Å². The van der Waals surface area contributed by atoms with Crippen molar-refractivity contribution in [2.45, 2.75) is 0 Å². The molecule has 0 aliphatic heterocycles. The van der Waals surface area contributed by atoms with Crippen molar-refractivity contribution in [1.29, 1.82) is 0 Å². The monoisotopic (exact) mass is 194 g/mol. The molecule has 0 bridgehead atoms. The van der Waals surface area contributed by atoms with E-state index < -0.39 is 0 Å². The van der Waals surface area contributed by atoms with Crippen molar-refractivity contribution >= 4 is 32.7 Å². The van der Waals surface area contributed by atoms with E-state index in [1.807, 2.05) is 36.4 Å².